The smallest absolute Gasteiger partial charge is 0.164 e. The third-order valence-electron chi connectivity index (χ3n) is 3.67. The lowest BCUT2D eigenvalue weighted by molar-refractivity contribution is 0.396. The first-order valence-electron chi connectivity index (χ1n) is 6.55. The van der Waals surface area contributed by atoms with Crippen LogP contribution in [-0.2, 0) is 13.0 Å². The molecule has 1 unspecified atom stereocenters. The molecule has 0 saturated carbocycles. The fourth-order valence-corrected chi connectivity index (χ4v) is 2.58. The Bertz CT molecular complexity index is 605. The van der Waals surface area contributed by atoms with Crippen molar-refractivity contribution >= 4 is 5.69 Å². The number of rotatable bonds is 2. The summed E-state index contributed by atoms with van der Waals surface area (Å²) >= 11 is 0. The topological polar surface area (TPSA) is 66.0 Å². The van der Waals surface area contributed by atoms with Gasteiger partial charge in [0.05, 0.1) is 12.8 Å². The van der Waals surface area contributed by atoms with Gasteiger partial charge in [-0.3, -0.25) is 0 Å². The predicted molar refractivity (Wildman–Crippen MR) is 73.9 cm³/mol. The number of methoxy groups -OCH3 is 1. The molecule has 0 aliphatic carbocycles. The van der Waals surface area contributed by atoms with E-state index in [0.717, 1.165) is 30.2 Å². The molecule has 0 saturated heterocycles. The molecule has 5 nitrogen and oxygen atoms in total. The van der Waals surface area contributed by atoms with E-state index < -0.39 is 0 Å². The molecule has 5 heteroatoms. The van der Waals surface area contributed by atoms with Gasteiger partial charge in [-0.2, -0.15) is 0 Å². The van der Waals surface area contributed by atoms with E-state index in [1.807, 2.05) is 18.2 Å². The Kier molecular flexibility index (Phi) is 2.89. The van der Waals surface area contributed by atoms with Crippen molar-refractivity contribution in [2.45, 2.75) is 26.3 Å². The van der Waals surface area contributed by atoms with Crippen LogP contribution in [0, 0.1) is 5.92 Å². The molecule has 0 radical (unpaired) electrons. The van der Waals surface area contributed by atoms with Crippen molar-refractivity contribution in [3.8, 4) is 17.1 Å². The lowest BCUT2D eigenvalue weighted by Crippen LogP contribution is -2.18. The van der Waals surface area contributed by atoms with E-state index in [2.05, 4.69) is 21.7 Å². The SMILES string of the molecule is COc1ccc(-c2nnc3n2CC(C)CC3)cc1N. The molecule has 2 N–H and O–H groups in total. The third-order valence-corrected chi connectivity index (χ3v) is 3.67. The molecular formula is C14H18N4O. The summed E-state index contributed by atoms with van der Waals surface area (Å²) in [6.45, 7) is 3.23. The van der Waals surface area contributed by atoms with Crippen LogP contribution in [-0.4, -0.2) is 21.9 Å². The van der Waals surface area contributed by atoms with Gasteiger partial charge in [0, 0.05) is 18.5 Å². The molecule has 0 fully saturated rings. The minimum atomic E-state index is 0.626. The number of anilines is 1. The first-order chi connectivity index (χ1) is 9.19. The highest BCUT2D eigenvalue weighted by Gasteiger charge is 2.21. The average Bonchev–Trinajstić information content (AvgIpc) is 2.81. The van der Waals surface area contributed by atoms with Gasteiger partial charge in [-0.15, -0.1) is 10.2 Å². The zero-order chi connectivity index (χ0) is 13.4. The highest BCUT2D eigenvalue weighted by atomic mass is 16.5. The summed E-state index contributed by atoms with van der Waals surface area (Å²) in [6.07, 6.45) is 2.18. The van der Waals surface area contributed by atoms with Crippen LogP contribution in [0.15, 0.2) is 18.2 Å². The molecule has 1 aromatic carbocycles. The lowest BCUT2D eigenvalue weighted by Gasteiger charge is -2.21. The minimum absolute atomic E-state index is 0.626. The molecule has 0 amide bonds. The van der Waals surface area contributed by atoms with Gasteiger partial charge in [-0.25, -0.2) is 0 Å². The molecule has 100 valence electrons. The van der Waals surface area contributed by atoms with Gasteiger partial charge in [0.1, 0.15) is 11.6 Å². The molecule has 1 aromatic heterocycles. The summed E-state index contributed by atoms with van der Waals surface area (Å²) in [7, 11) is 1.62. The number of nitrogens with two attached hydrogens (primary N) is 1. The lowest BCUT2D eigenvalue weighted by atomic mass is 10.0. The normalized spacial score (nSPS) is 18.1. The Labute approximate surface area is 112 Å². The van der Waals surface area contributed by atoms with Gasteiger partial charge in [0.25, 0.3) is 0 Å². The van der Waals surface area contributed by atoms with Gasteiger partial charge < -0.3 is 15.0 Å². The number of ether oxygens (including phenoxy) is 1. The van der Waals surface area contributed by atoms with Crippen LogP contribution < -0.4 is 10.5 Å². The number of aryl methyl sites for hydroxylation is 1. The second-order valence-electron chi connectivity index (χ2n) is 5.15. The second kappa shape index (κ2) is 4.57. The largest absolute Gasteiger partial charge is 0.495 e. The van der Waals surface area contributed by atoms with E-state index in [1.54, 1.807) is 7.11 Å². The van der Waals surface area contributed by atoms with Gasteiger partial charge in [-0.1, -0.05) is 6.92 Å². The van der Waals surface area contributed by atoms with Crippen LogP contribution in [0.5, 0.6) is 5.75 Å². The Morgan fingerprint density at radius 1 is 1.37 bits per heavy atom. The van der Waals surface area contributed by atoms with Crippen LogP contribution in [0.2, 0.25) is 0 Å². The zero-order valence-electron chi connectivity index (χ0n) is 11.3. The molecule has 2 aromatic rings. The van der Waals surface area contributed by atoms with Crippen LogP contribution >= 0.6 is 0 Å². The molecule has 0 bridgehead atoms. The first kappa shape index (κ1) is 12.0. The standard InChI is InChI=1S/C14H18N4O/c1-9-3-6-13-16-17-14(18(13)8-9)10-4-5-12(19-2)11(15)7-10/h4-5,7,9H,3,6,8,15H2,1-2H3. The number of aromatic nitrogens is 3. The Morgan fingerprint density at radius 2 is 2.21 bits per heavy atom. The molecule has 1 aliphatic rings. The Balaban J connectivity index is 2.03. The van der Waals surface area contributed by atoms with Crippen molar-refractivity contribution in [2.75, 3.05) is 12.8 Å². The van der Waals surface area contributed by atoms with E-state index >= 15 is 0 Å². The van der Waals surface area contributed by atoms with Crippen molar-refractivity contribution in [1.29, 1.82) is 0 Å². The number of nitrogen functional groups attached to an aromatic ring is 1. The second-order valence-corrected chi connectivity index (χ2v) is 5.15. The van der Waals surface area contributed by atoms with Crippen molar-refractivity contribution in [1.82, 2.24) is 14.8 Å². The Morgan fingerprint density at radius 3 is 2.95 bits per heavy atom. The average molecular weight is 258 g/mol. The number of fused-ring (bicyclic) bond motifs is 1. The highest BCUT2D eigenvalue weighted by molar-refractivity contribution is 5.66. The molecule has 2 heterocycles. The van der Waals surface area contributed by atoms with Crippen LogP contribution in [0.4, 0.5) is 5.69 Å². The summed E-state index contributed by atoms with van der Waals surface area (Å²) in [4.78, 5) is 0. The maximum Gasteiger partial charge on any atom is 0.164 e. The van der Waals surface area contributed by atoms with E-state index in [1.165, 1.54) is 6.42 Å². The van der Waals surface area contributed by atoms with Crippen LogP contribution in [0.25, 0.3) is 11.4 Å². The summed E-state index contributed by atoms with van der Waals surface area (Å²) in [6, 6.07) is 5.75. The maximum absolute atomic E-state index is 5.96. The first-order valence-corrected chi connectivity index (χ1v) is 6.55. The van der Waals surface area contributed by atoms with Gasteiger partial charge >= 0.3 is 0 Å². The zero-order valence-corrected chi connectivity index (χ0v) is 11.3. The third kappa shape index (κ3) is 2.05. The summed E-state index contributed by atoms with van der Waals surface area (Å²) in [5, 5.41) is 8.60. The monoisotopic (exact) mass is 258 g/mol. The van der Waals surface area contributed by atoms with E-state index in [0.29, 0.717) is 17.4 Å². The van der Waals surface area contributed by atoms with E-state index in [9.17, 15) is 0 Å². The Hall–Kier alpha value is -2.04. The minimum Gasteiger partial charge on any atom is -0.495 e. The number of hydrogen-bond acceptors (Lipinski definition) is 4. The van der Waals surface area contributed by atoms with Crippen LogP contribution in [0.1, 0.15) is 19.2 Å². The fourth-order valence-electron chi connectivity index (χ4n) is 2.58. The molecule has 1 atom stereocenters. The molecule has 1 aliphatic heterocycles. The number of benzene rings is 1. The van der Waals surface area contributed by atoms with E-state index in [4.69, 9.17) is 10.5 Å². The molecule has 0 spiro atoms. The molecular weight excluding hydrogens is 240 g/mol. The molecule has 3 rings (SSSR count). The van der Waals surface area contributed by atoms with Crippen LogP contribution in [0.3, 0.4) is 0 Å². The summed E-state index contributed by atoms with van der Waals surface area (Å²) < 4.78 is 7.38. The van der Waals surface area contributed by atoms with Crippen molar-refractivity contribution in [3.05, 3.63) is 24.0 Å². The van der Waals surface area contributed by atoms with Crippen molar-refractivity contribution in [2.24, 2.45) is 5.92 Å². The van der Waals surface area contributed by atoms with Gasteiger partial charge in [-0.05, 0) is 30.5 Å². The predicted octanol–water partition coefficient (Wildman–Crippen LogP) is 2.12. The van der Waals surface area contributed by atoms with Crippen molar-refractivity contribution in [3.63, 3.8) is 0 Å². The van der Waals surface area contributed by atoms with Crippen molar-refractivity contribution < 1.29 is 4.74 Å². The van der Waals surface area contributed by atoms with Gasteiger partial charge in [0.15, 0.2) is 5.82 Å². The van der Waals surface area contributed by atoms with E-state index in [-0.39, 0.29) is 0 Å². The number of hydrogen-bond donors (Lipinski definition) is 1. The summed E-state index contributed by atoms with van der Waals surface area (Å²) in [5.74, 6) is 3.33. The fraction of sp³-hybridized carbons (Fsp3) is 0.429. The quantitative estimate of drug-likeness (QED) is 0.838. The van der Waals surface area contributed by atoms with Gasteiger partial charge in [0.2, 0.25) is 0 Å². The maximum atomic E-state index is 5.96. The highest BCUT2D eigenvalue weighted by Crippen LogP contribution is 2.30. The summed E-state index contributed by atoms with van der Waals surface area (Å²) in [5.41, 5.74) is 7.58. The molecule has 19 heavy (non-hydrogen) atoms. The number of nitrogens with zero attached hydrogens (tertiary/aromatic N) is 3.